The van der Waals surface area contributed by atoms with E-state index in [-0.39, 0.29) is 0 Å². The molecule has 1 heterocycles. The fourth-order valence-corrected chi connectivity index (χ4v) is 3.50. The number of hydrogen-bond donors (Lipinski definition) is 2. The first-order chi connectivity index (χ1) is 15.7. The molecule has 0 unspecified atom stereocenters. The van der Waals surface area contributed by atoms with Gasteiger partial charge in [-0.15, -0.1) is 11.3 Å². The number of carbonyl (C=O) groups excluding carboxylic acids is 1. The van der Waals surface area contributed by atoms with E-state index in [2.05, 4.69) is 49.0 Å². The van der Waals surface area contributed by atoms with Crippen LogP contribution >= 0.6 is 11.3 Å². The quantitative estimate of drug-likeness (QED) is 0.421. The number of carbonyl (C=O) groups is 2. The van der Waals surface area contributed by atoms with Gasteiger partial charge in [-0.25, -0.2) is 4.79 Å². The molecule has 2 aromatic carbocycles. The van der Waals surface area contributed by atoms with Crippen LogP contribution in [0.3, 0.4) is 0 Å². The Morgan fingerprint density at radius 3 is 1.73 bits per heavy atom. The molecule has 0 saturated carbocycles. The topological polar surface area (TPSA) is 75.6 Å². The van der Waals surface area contributed by atoms with Gasteiger partial charge in [0.2, 0.25) is 0 Å². The van der Waals surface area contributed by atoms with Gasteiger partial charge in [0.1, 0.15) is 11.7 Å². The SMILES string of the molecule is C=O.CC.CNc1cc(-c2ccc(C)cc2)sc1C(=O)O.COC.Cc1ccc(C)c(C)c1. The number of aromatic carboxylic acids is 1. The molecule has 33 heavy (non-hydrogen) atoms. The average Bonchev–Trinajstić information content (AvgIpc) is 3.26. The molecule has 182 valence electrons. The number of carboxylic acid groups (broad SMARTS) is 1. The van der Waals surface area contributed by atoms with E-state index in [0.717, 1.165) is 10.4 Å². The zero-order chi connectivity index (χ0) is 26.0. The summed E-state index contributed by atoms with van der Waals surface area (Å²) in [6.07, 6.45) is 0. The highest BCUT2D eigenvalue weighted by Gasteiger charge is 2.15. The van der Waals surface area contributed by atoms with Crippen LogP contribution in [-0.4, -0.2) is 39.1 Å². The van der Waals surface area contributed by atoms with Crippen LogP contribution in [-0.2, 0) is 9.53 Å². The zero-order valence-corrected chi connectivity index (χ0v) is 22.2. The second kappa shape index (κ2) is 18.6. The lowest BCUT2D eigenvalue weighted by molar-refractivity contribution is -0.0980. The Morgan fingerprint density at radius 2 is 1.36 bits per heavy atom. The van der Waals surface area contributed by atoms with E-state index < -0.39 is 5.97 Å². The Kier molecular flexibility index (Phi) is 18.2. The van der Waals surface area contributed by atoms with E-state index in [1.54, 1.807) is 21.3 Å². The summed E-state index contributed by atoms with van der Waals surface area (Å²) in [5.74, 6) is -0.891. The molecule has 0 spiro atoms. The summed E-state index contributed by atoms with van der Waals surface area (Å²) in [5.41, 5.74) is 7.01. The highest BCUT2D eigenvalue weighted by molar-refractivity contribution is 7.18. The van der Waals surface area contributed by atoms with Gasteiger partial charge in [0, 0.05) is 26.1 Å². The monoisotopic (exact) mass is 473 g/mol. The number of thiophene rings is 1. The number of rotatable bonds is 3. The van der Waals surface area contributed by atoms with Crippen LogP contribution in [0.15, 0.2) is 48.5 Å². The second-order valence-electron chi connectivity index (χ2n) is 6.77. The summed E-state index contributed by atoms with van der Waals surface area (Å²) >= 11 is 1.29. The van der Waals surface area contributed by atoms with E-state index >= 15 is 0 Å². The van der Waals surface area contributed by atoms with Gasteiger partial charge in [0.15, 0.2) is 0 Å². The fourth-order valence-electron chi connectivity index (χ4n) is 2.49. The minimum Gasteiger partial charge on any atom is -0.477 e. The zero-order valence-electron chi connectivity index (χ0n) is 21.4. The van der Waals surface area contributed by atoms with Crippen molar-refractivity contribution in [1.29, 1.82) is 0 Å². The molecule has 6 heteroatoms. The molecule has 0 bridgehead atoms. The largest absolute Gasteiger partial charge is 0.477 e. The molecule has 5 nitrogen and oxygen atoms in total. The Labute approximate surface area is 203 Å². The summed E-state index contributed by atoms with van der Waals surface area (Å²) < 4.78 is 4.25. The molecular weight excluding hydrogens is 434 g/mol. The lowest BCUT2D eigenvalue weighted by Crippen LogP contribution is -1.97. The van der Waals surface area contributed by atoms with Crippen molar-refractivity contribution in [2.75, 3.05) is 26.6 Å². The third-order valence-corrected chi connectivity index (χ3v) is 5.37. The first-order valence-electron chi connectivity index (χ1n) is 10.6. The first-order valence-corrected chi connectivity index (χ1v) is 11.4. The van der Waals surface area contributed by atoms with Crippen LogP contribution in [0.4, 0.5) is 5.69 Å². The van der Waals surface area contributed by atoms with Crippen molar-refractivity contribution < 1.29 is 19.4 Å². The summed E-state index contributed by atoms with van der Waals surface area (Å²) in [6, 6.07) is 16.4. The van der Waals surface area contributed by atoms with Gasteiger partial charge < -0.3 is 20.0 Å². The third-order valence-electron chi connectivity index (χ3n) is 4.19. The van der Waals surface area contributed by atoms with Gasteiger partial charge in [-0.2, -0.15) is 0 Å². The van der Waals surface area contributed by atoms with Crippen LogP contribution < -0.4 is 5.32 Å². The van der Waals surface area contributed by atoms with Gasteiger partial charge in [-0.05, 0) is 50.5 Å². The standard InChI is InChI=1S/C13H13NO2S.C9H12.C2H6O.C2H6.CH2O/c1-8-3-5-9(6-4-8)11-7-10(14-2)12(17-11)13(15)16;1-7-4-5-8(2)9(3)6-7;1-3-2;2*1-2/h3-7,14H,1-2H3,(H,15,16);4-6H,1-3H3;1-2H3;1-2H3;1H2. The van der Waals surface area contributed by atoms with Crippen molar-refractivity contribution in [3.8, 4) is 10.4 Å². The average molecular weight is 474 g/mol. The van der Waals surface area contributed by atoms with Crippen molar-refractivity contribution in [2.45, 2.75) is 41.5 Å². The molecule has 0 saturated heterocycles. The normalized spacial score (nSPS) is 8.76. The number of hydrogen-bond acceptors (Lipinski definition) is 5. The Morgan fingerprint density at radius 1 is 0.879 bits per heavy atom. The van der Waals surface area contributed by atoms with Gasteiger partial charge in [0.05, 0.1) is 5.69 Å². The van der Waals surface area contributed by atoms with Crippen LogP contribution in [0.5, 0.6) is 0 Å². The second-order valence-corrected chi connectivity index (χ2v) is 7.82. The summed E-state index contributed by atoms with van der Waals surface area (Å²) in [7, 11) is 4.98. The summed E-state index contributed by atoms with van der Waals surface area (Å²) in [5, 5.41) is 12.0. The van der Waals surface area contributed by atoms with Crippen LogP contribution in [0, 0.1) is 27.7 Å². The van der Waals surface area contributed by atoms with Gasteiger partial charge in [-0.1, -0.05) is 67.4 Å². The molecular formula is C27H39NO4S. The first kappa shape index (κ1) is 32.2. The molecule has 1 aromatic heterocycles. The lowest BCUT2D eigenvalue weighted by atomic mass is 10.1. The van der Waals surface area contributed by atoms with Crippen LogP contribution in [0.2, 0.25) is 0 Å². The Bertz CT molecular complexity index is 934. The maximum atomic E-state index is 11.0. The number of benzene rings is 2. The predicted octanol–water partition coefficient (Wildman–Crippen LogP) is 7.18. The van der Waals surface area contributed by atoms with Crippen molar-refractivity contribution in [2.24, 2.45) is 0 Å². The van der Waals surface area contributed by atoms with E-state index in [4.69, 9.17) is 9.90 Å². The molecule has 0 atom stereocenters. The Hall–Kier alpha value is -2.96. The molecule has 0 aliphatic rings. The van der Waals surface area contributed by atoms with Crippen molar-refractivity contribution in [3.63, 3.8) is 0 Å². The van der Waals surface area contributed by atoms with Gasteiger partial charge in [-0.3, -0.25) is 0 Å². The molecule has 2 N–H and O–H groups in total. The summed E-state index contributed by atoms with van der Waals surface area (Å²) in [4.78, 5) is 20.4. The minimum absolute atomic E-state index is 0.350. The molecule has 0 aliphatic carbocycles. The number of nitrogens with one attached hydrogen (secondary N) is 1. The molecule has 0 aliphatic heterocycles. The Balaban J connectivity index is 0. The maximum absolute atomic E-state index is 11.0. The minimum atomic E-state index is -0.891. The molecule has 3 aromatic rings. The van der Waals surface area contributed by atoms with E-state index in [1.807, 2.05) is 57.9 Å². The fraction of sp³-hybridized carbons (Fsp3) is 0.333. The maximum Gasteiger partial charge on any atom is 0.348 e. The lowest BCUT2D eigenvalue weighted by Gasteiger charge is -1.98. The number of methoxy groups -OCH3 is 1. The van der Waals surface area contributed by atoms with Crippen molar-refractivity contribution >= 4 is 29.8 Å². The summed E-state index contributed by atoms with van der Waals surface area (Å²) in [6.45, 7) is 14.4. The molecule has 0 radical (unpaired) electrons. The molecule has 3 rings (SSSR count). The van der Waals surface area contributed by atoms with Gasteiger partial charge >= 0.3 is 5.97 Å². The highest BCUT2D eigenvalue weighted by atomic mass is 32.1. The molecule has 0 amide bonds. The number of carboxylic acids is 1. The third kappa shape index (κ3) is 12.0. The van der Waals surface area contributed by atoms with Gasteiger partial charge in [0.25, 0.3) is 0 Å². The van der Waals surface area contributed by atoms with E-state index in [1.165, 1.54) is 33.6 Å². The number of ether oxygens (including phenoxy) is 1. The van der Waals surface area contributed by atoms with E-state index in [0.29, 0.717) is 10.6 Å². The smallest absolute Gasteiger partial charge is 0.348 e. The van der Waals surface area contributed by atoms with Crippen molar-refractivity contribution in [3.05, 3.63) is 75.7 Å². The van der Waals surface area contributed by atoms with Crippen LogP contribution in [0.1, 0.15) is 45.8 Å². The predicted molar refractivity (Wildman–Crippen MR) is 143 cm³/mol. The van der Waals surface area contributed by atoms with E-state index in [9.17, 15) is 4.79 Å². The van der Waals surface area contributed by atoms with Crippen LogP contribution in [0.25, 0.3) is 10.4 Å². The van der Waals surface area contributed by atoms with Crippen molar-refractivity contribution in [1.82, 2.24) is 0 Å². The number of anilines is 1. The molecule has 0 fully saturated rings. The number of aryl methyl sites for hydroxylation is 4. The highest BCUT2D eigenvalue weighted by Crippen LogP contribution is 2.34.